The van der Waals surface area contributed by atoms with Gasteiger partial charge < -0.3 is 15.4 Å². The molecule has 0 fully saturated rings. The molecule has 0 aliphatic rings. The zero-order valence-corrected chi connectivity index (χ0v) is 18.4. The van der Waals surface area contributed by atoms with E-state index in [1.165, 1.54) is 5.56 Å². The molecule has 2 amide bonds. The molecule has 0 radical (unpaired) electrons. The van der Waals surface area contributed by atoms with Crippen LogP contribution in [0, 0.1) is 0 Å². The molecule has 0 saturated heterocycles. The van der Waals surface area contributed by atoms with Crippen molar-refractivity contribution >= 4 is 34.8 Å². The van der Waals surface area contributed by atoms with E-state index in [9.17, 15) is 9.59 Å². The molecular weight excluding hydrogens is 412 g/mol. The summed E-state index contributed by atoms with van der Waals surface area (Å²) >= 11 is 6.07. The van der Waals surface area contributed by atoms with Crippen LogP contribution in [0.2, 0.25) is 5.02 Å². The zero-order valence-electron chi connectivity index (χ0n) is 17.7. The third-order valence-electron chi connectivity index (χ3n) is 4.76. The maximum absolute atomic E-state index is 12.4. The fraction of sp³-hybridized carbons (Fsp3) is 0.200. The van der Waals surface area contributed by atoms with Gasteiger partial charge in [0.2, 0.25) is 0 Å². The molecule has 2 N–H and O–H groups in total. The van der Waals surface area contributed by atoms with Crippen LogP contribution in [-0.4, -0.2) is 17.9 Å². The molecule has 3 aromatic carbocycles. The van der Waals surface area contributed by atoms with Gasteiger partial charge in [0, 0.05) is 16.9 Å². The largest absolute Gasteiger partial charge is 0.479 e. The fourth-order valence-corrected chi connectivity index (χ4v) is 3.07. The van der Waals surface area contributed by atoms with Gasteiger partial charge in [0.25, 0.3) is 11.8 Å². The second kappa shape index (κ2) is 10.1. The molecule has 0 aliphatic heterocycles. The fourth-order valence-electron chi connectivity index (χ4n) is 2.89. The lowest BCUT2D eigenvalue weighted by Crippen LogP contribution is -2.30. The van der Waals surface area contributed by atoms with Crippen LogP contribution < -0.4 is 15.4 Å². The number of hydrogen-bond donors (Lipinski definition) is 2. The molecule has 1 unspecified atom stereocenters. The highest BCUT2D eigenvalue weighted by Gasteiger charge is 2.16. The standard InChI is InChI=1S/C25H25ClN2O3/c1-16(2)18-8-10-19(11-9-18)25(30)28-21-14-12-20(13-15-21)27-24(29)17(3)31-23-7-5-4-6-22(23)26/h4-17H,1-3H3,(H,27,29)(H,28,30). The van der Waals surface area contributed by atoms with Crippen LogP contribution in [0.3, 0.4) is 0 Å². The van der Waals surface area contributed by atoms with Gasteiger partial charge in [-0.3, -0.25) is 9.59 Å². The van der Waals surface area contributed by atoms with E-state index in [1.807, 2.05) is 24.3 Å². The first-order chi connectivity index (χ1) is 14.8. The van der Waals surface area contributed by atoms with E-state index in [0.29, 0.717) is 33.6 Å². The van der Waals surface area contributed by atoms with E-state index in [0.717, 1.165) is 0 Å². The predicted octanol–water partition coefficient (Wildman–Crippen LogP) is 6.12. The second-order valence-electron chi connectivity index (χ2n) is 7.49. The van der Waals surface area contributed by atoms with Gasteiger partial charge >= 0.3 is 0 Å². The molecule has 6 heteroatoms. The summed E-state index contributed by atoms with van der Waals surface area (Å²) < 4.78 is 5.63. The number of benzene rings is 3. The first-order valence-corrected chi connectivity index (χ1v) is 10.4. The van der Waals surface area contributed by atoms with Crippen molar-refractivity contribution < 1.29 is 14.3 Å². The van der Waals surface area contributed by atoms with Gasteiger partial charge in [-0.1, -0.05) is 49.7 Å². The number of anilines is 2. The average Bonchev–Trinajstić information content (AvgIpc) is 2.76. The van der Waals surface area contributed by atoms with Gasteiger partial charge in [0.15, 0.2) is 6.10 Å². The molecular formula is C25H25ClN2O3. The van der Waals surface area contributed by atoms with E-state index >= 15 is 0 Å². The summed E-state index contributed by atoms with van der Waals surface area (Å²) in [5.41, 5.74) is 3.01. The SMILES string of the molecule is CC(Oc1ccccc1Cl)C(=O)Nc1ccc(NC(=O)c2ccc(C(C)C)cc2)cc1. The highest BCUT2D eigenvalue weighted by atomic mass is 35.5. The molecule has 0 aromatic heterocycles. The van der Waals surface area contributed by atoms with Gasteiger partial charge in [-0.2, -0.15) is 0 Å². The topological polar surface area (TPSA) is 67.4 Å². The minimum Gasteiger partial charge on any atom is -0.479 e. The van der Waals surface area contributed by atoms with E-state index in [2.05, 4.69) is 24.5 Å². The molecule has 3 aromatic rings. The Hall–Kier alpha value is -3.31. The minimum atomic E-state index is -0.729. The molecule has 31 heavy (non-hydrogen) atoms. The van der Waals surface area contributed by atoms with E-state index in [1.54, 1.807) is 55.5 Å². The monoisotopic (exact) mass is 436 g/mol. The Morgan fingerprint density at radius 3 is 1.97 bits per heavy atom. The summed E-state index contributed by atoms with van der Waals surface area (Å²) in [5, 5.41) is 6.09. The van der Waals surface area contributed by atoms with Crippen LogP contribution in [0.1, 0.15) is 42.6 Å². The summed E-state index contributed by atoms with van der Waals surface area (Å²) in [5.74, 6) is 0.375. The summed E-state index contributed by atoms with van der Waals surface area (Å²) in [6.07, 6.45) is -0.729. The number of amides is 2. The van der Waals surface area contributed by atoms with Crippen molar-refractivity contribution in [2.24, 2.45) is 0 Å². The third-order valence-corrected chi connectivity index (χ3v) is 5.07. The quantitative estimate of drug-likeness (QED) is 0.468. The number of para-hydroxylation sites is 1. The molecule has 0 saturated carbocycles. The lowest BCUT2D eigenvalue weighted by Gasteiger charge is -2.16. The number of carbonyl (C=O) groups excluding carboxylic acids is 2. The molecule has 1 atom stereocenters. The van der Waals surface area contributed by atoms with Crippen LogP contribution in [0.15, 0.2) is 72.8 Å². The van der Waals surface area contributed by atoms with E-state index < -0.39 is 6.10 Å². The molecule has 0 bridgehead atoms. The normalized spacial score (nSPS) is 11.6. The average molecular weight is 437 g/mol. The zero-order chi connectivity index (χ0) is 22.4. The number of halogens is 1. The molecule has 5 nitrogen and oxygen atoms in total. The maximum Gasteiger partial charge on any atom is 0.265 e. The Morgan fingerprint density at radius 2 is 1.39 bits per heavy atom. The van der Waals surface area contributed by atoms with Crippen LogP contribution in [-0.2, 0) is 4.79 Å². The number of ether oxygens (including phenoxy) is 1. The minimum absolute atomic E-state index is 0.186. The van der Waals surface area contributed by atoms with Crippen molar-refractivity contribution in [2.75, 3.05) is 10.6 Å². The number of hydrogen-bond acceptors (Lipinski definition) is 3. The van der Waals surface area contributed by atoms with Crippen molar-refractivity contribution in [3.05, 3.63) is 88.9 Å². The first-order valence-electron chi connectivity index (χ1n) is 10.1. The molecule has 0 spiro atoms. The Kier molecular flexibility index (Phi) is 7.32. The summed E-state index contributed by atoms with van der Waals surface area (Å²) in [4.78, 5) is 24.8. The summed E-state index contributed by atoms with van der Waals surface area (Å²) in [6, 6.07) is 21.5. The van der Waals surface area contributed by atoms with Crippen LogP contribution in [0.4, 0.5) is 11.4 Å². The van der Waals surface area contributed by atoms with Crippen LogP contribution >= 0.6 is 11.6 Å². The molecule has 0 aliphatic carbocycles. The lowest BCUT2D eigenvalue weighted by atomic mass is 10.0. The number of nitrogens with one attached hydrogen (secondary N) is 2. The Bertz CT molecular complexity index is 1050. The summed E-state index contributed by atoms with van der Waals surface area (Å²) in [6.45, 7) is 5.87. The lowest BCUT2D eigenvalue weighted by molar-refractivity contribution is -0.122. The second-order valence-corrected chi connectivity index (χ2v) is 7.90. The van der Waals surface area contributed by atoms with E-state index in [4.69, 9.17) is 16.3 Å². The highest BCUT2D eigenvalue weighted by molar-refractivity contribution is 6.32. The molecule has 3 rings (SSSR count). The van der Waals surface area contributed by atoms with Crippen molar-refractivity contribution in [3.63, 3.8) is 0 Å². The van der Waals surface area contributed by atoms with Crippen molar-refractivity contribution in [3.8, 4) is 5.75 Å². The maximum atomic E-state index is 12.4. The van der Waals surface area contributed by atoms with Crippen molar-refractivity contribution in [2.45, 2.75) is 32.8 Å². The Morgan fingerprint density at radius 1 is 0.806 bits per heavy atom. The molecule has 160 valence electrons. The Labute approximate surface area is 187 Å². The smallest absolute Gasteiger partial charge is 0.265 e. The van der Waals surface area contributed by atoms with Gasteiger partial charge in [-0.25, -0.2) is 0 Å². The van der Waals surface area contributed by atoms with Crippen molar-refractivity contribution in [1.29, 1.82) is 0 Å². The Balaban J connectivity index is 1.56. The van der Waals surface area contributed by atoms with Crippen LogP contribution in [0.5, 0.6) is 5.75 Å². The van der Waals surface area contributed by atoms with E-state index in [-0.39, 0.29) is 11.8 Å². The van der Waals surface area contributed by atoms with Crippen LogP contribution in [0.25, 0.3) is 0 Å². The summed E-state index contributed by atoms with van der Waals surface area (Å²) in [7, 11) is 0. The third kappa shape index (κ3) is 6.09. The number of carbonyl (C=O) groups is 2. The van der Waals surface area contributed by atoms with Crippen molar-refractivity contribution in [1.82, 2.24) is 0 Å². The number of rotatable bonds is 7. The van der Waals surface area contributed by atoms with Gasteiger partial charge in [0.1, 0.15) is 5.75 Å². The molecule has 0 heterocycles. The van der Waals surface area contributed by atoms with Gasteiger partial charge in [0.05, 0.1) is 5.02 Å². The van der Waals surface area contributed by atoms with Gasteiger partial charge in [-0.15, -0.1) is 0 Å². The highest BCUT2D eigenvalue weighted by Crippen LogP contribution is 2.24. The predicted molar refractivity (Wildman–Crippen MR) is 125 cm³/mol. The first kappa shape index (κ1) is 22.4. The van der Waals surface area contributed by atoms with Gasteiger partial charge in [-0.05, 0) is 66.9 Å².